The molecule has 0 saturated carbocycles. The van der Waals surface area contributed by atoms with Crippen molar-refractivity contribution in [3.63, 3.8) is 0 Å². The SMILES string of the molecule is CN(/N=C/c1ccnc2ccccc12)c1ccc(Cl)cc1[NH+]([O-])O. The fourth-order valence-corrected chi connectivity index (χ4v) is 2.58. The summed E-state index contributed by atoms with van der Waals surface area (Å²) in [6, 6.07) is 14.3. The number of pyridine rings is 1. The smallest absolute Gasteiger partial charge is 0.190 e. The molecule has 0 aliphatic carbocycles. The third kappa shape index (κ3) is 3.37. The Morgan fingerprint density at radius 3 is 2.83 bits per heavy atom. The number of nitrogens with zero attached hydrogens (tertiary/aromatic N) is 3. The van der Waals surface area contributed by atoms with Gasteiger partial charge in [-0.2, -0.15) is 10.3 Å². The first-order valence-electron chi connectivity index (χ1n) is 7.20. The highest BCUT2D eigenvalue weighted by Gasteiger charge is 2.13. The lowest BCUT2D eigenvalue weighted by molar-refractivity contribution is -0.990. The van der Waals surface area contributed by atoms with Crippen LogP contribution in [0.3, 0.4) is 0 Å². The molecular formula is C17H15ClN4O2. The van der Waals surface area contributed by atoms with E-state index in [0.29, 0.717) is 10.7 Å². The van der Waals surface area contributed by atoms with Crippen molar-refractivity contribution in [2.45, 2.75) is 0 Å². The number of rotatable bonds is 4. The second kappa shape index (κ2) is 6.94. The number of anilines is 1. The highest BCUT2D eigenvalue weighted by atomic mass is 35.5. The Morgan fingerprint density at radius 1 is 1.25 bits per heavy atom. The summed E-state index contributed by atoms with van der Waals surface area (Å²) in [5, 5.41) is 26.9. The third-order valence-corrected chi connectivity index (χ3v) is 3.83. The molecule has 1 atom stereocenters. The van der Waals surface area contributed by atoms with Gasteiger partial charge in [0.15, 0.2) is 5.69 Å². The number of hydrogen-bond acceptors (Lipinski definition) is 5. The summed E-state index contributed by atoms with van der Waals surface area (Å²) >= 11 is 5.88. The standard InChI is InChI=1S/C17H15ClN4O2/c1-21(16-7-6-13(18)10-17(16)22(23)24)20-11-12-8-9-19-15-5-3-2-4-14(12)15/h2-11,22-23H,1H3/b20-11+. The summed E-state index contributed by atoms with van der Waals surface area (Å²) in [7, 11) is 1.69. The zero-order valence-corrected chi connectivity index (χ0v) is 13.6. The summed E-state index contributed by atoms with van der Waals surface area (Å²) in [5.41, 5.74) is 2.34. The fraction of sp³-hybridized carbons (Fsp3) is 0.0588. The number of halogens is 1. The lowest BCUT2D eigenvalue weighted by atomic mass is 10.1. The lowest BCUT2D eigenvalue weighted by Gasteiger charge is -2.20. The minimum absolute atomic E-state index is 0.0988. The van der Waals surface area contributed by atoms with E-state index in [1.165, 1.54) is 11.1 Å². The highest BCUT2D eigenvalue weighted by Crippen LogP contribution is 2.25. The Morgan fingerprint density at radius 2 is 2.04 bits per heavy atom. The molecule has 0 bridgehead atoms. The monoisotopic (exact) mass is 342 g/mol. The van der Waals surface area contributed by atoms with Crippen LogP contribution < -0.4 is 10.2 Å². The van der Waals surface area contributed by atoms with Crippen molar-refractivity contribution in [3.05, 3.63) is 70.5 Å². The Labute approximate surface area is 143 Å². The maximum Gasteiger partial charge on any atom is 0.190 e. The molecule has 1 heterocycles. The van der Waals surface area contributed by atoms with E-state index in [2.05, 4.69) is 10.1 Å². The van der Waals surface area contributed by atoms with Gasteiger partial charge in [0.1, 0.15) is 5.69 Å². The van der Waals surface area contributed by atoms with E-state index < -0.39 is 5.23 Å². The van der Waals surface area contributed by atoms with Crippen molar-refractivity contribution in [2.75, 3.05) is 12.1 Å². The summed E-state index contributed by atoms with van der Waals surface area (Å²) in [4.78, 5) is 4.31. The molecule has 0 saturated heterocycles. The minimum Gasteiger partial charge on any atom is -0.595 e. The summed E-state index contributed by atoms with van der Waals surface area (Å²) in [6.07, 6.45) is 3.40. The van der Waals surface area contributed by atoms with Gasteiger partial charge in [-0.15, -0.1) is 0 Å². The Hall–Kier alpha value is -2.51. The van der Waals surface area contributed by atoms with Gasteiger partial charge in [0, 0.05) is 35.3 Å². The van der Waals surface area contributed by atoms with Crippen molar-refractivity contribution in [1.29, 1.82) is 0 Å². The maximum atomic E-state index is 11.4. The second-order valence-electron chi connectivity index (χ2n) is 5.15. The average molecular weight is 343 g/mol. The van der Waals surface area contributed by atoms with Crippen LogP contribution in [0.2, 0.25) is 5.02 Å². The van der Waals surface area contributed by atoms with Crippen molar-refractivity contribution in [1.82, 2.24) is 4.98 Å². The van der Waals surface area contributed by atoms with E-state index in [-0.39, 0.29) is 5.69 Å². The lowest BCUT2D eigenvalue weighted by Crippen LogP contribution is -2.99. The van der Waals surface area contributed by atoms with Crippen molar-refractivity contribution in [2.24, 2.45) is 5.10 Å². The first-order valence-corrected chi connectivity index (χ1v) is 7.58. The predicted molar refractivity (Wildman–Crippen MR) is 95.0 cm³/mol. The molecule has 0 amide bonds. The number of quaternary nitrogens is 1. The number of fused-ring (bicyclic) bond motifs is 1. The molecule has 1 aromatic heterocycles. The van der Waals surface area contributed by atoms with Gasteiger partial charge in [-0.25, -0.2) is 5.21 Å². The van der Waals surface area contributed by atoms with Gasteiger partial charge in [0.05, 0.1) is 11.7 Å². The van der Waals surface area contributed by atoms with Gasteiger partial charge >= 0.3 is 0 Å². The zero-order chi connectivity index (χ0) is 17.1. The predicted octanol–water partition coefficient (Wildman–Crippen LogP) is 2.76. The van der Waals surface area contributed by atoms with Gasteiger partial charge < -0.3 is 5.21 Å². The zero-order valence-electron chi connectivity index (χ0n) is 12.8. The van der Waals surface area contributed by atoms with E-state index in [9.17, 15) is 10.4 Å². The first-order chi connectivity index (χ1) is 11.6. The number of benzene rings is 2. The van der Waals surface area contributed by atoms with E-state index in [1.807, 2.05) is 30.3 Å². The highest BCUT2D eigenvalue weighted by molar-refractivity contribution is 6.30. The average Bonchev–Trinajstić information content (AvgIpc) is 2.59. The summed E-state index contributed by atoms with van der Waals surface area (Å²) < 4.78 is 0. The van der Waals surface area contributed by atoms with Gasteiger partial charge in [-0.3, -0.25) is 9.99 Å². The molecule has 2 aromatic carbocycles. The van der Waals surface area contributed by atoms with Crippen LogP contribution in [-0.4, -0.2) is 23.5 Å². The van der Waals surface area contributed by atoms with E-state index in [4.69, 9.17) is 11.6 Å². The van der Waals surface area contributed by atoms with Gasteiger partial charge in [0.2, 0.25) is 0 Å². The molecule has 0 aliphatic heterocycles. The van der Waals surface area contributed by atoms with Crippen LogP contribution in [0.25, 0.3) is 10.9 Å². The van der Waals surface area contributed by atoms with Gasteiger partial charge in [0.25, 0.3) is 0 Å². The molecule has 7 heteroatoms. The fourth-order valence-electron chi connectivity index (χ4n) is 2.40. The molecule has 24 heavy (non-hydrogen) atoms. The van der Waals surface area contributed by atoms with Crippen LogP contribution in [0.1, 0.15) is 5.56 Å². The van der Waals surface area contributed by atoms with Crippen molar-refractivity contribution < 1.29 is 10.4 Å². The normalized spacial score (nSPS) is 12.7. The summed E-state index contributed by atoms with van der Waals surface area (Å²) in [6.45, 7) is 0. The van der Waals surface area contributed by atoms with Crippen molar-refractivity contribution in [3.8, 4) is 0 Å². The van der Waals surface area contributed by atoms with Crippen LogP contribution in [0.4, 0.5) is 11.4 Å². The van der Waals surface area contributed by atoms with E-state index in [1.54, 1.807) is 31.6 Å². The van der Waals surface area contributed by atoms with E-state index in [0.717, 1.165) is 16.5 Å². The van der Waals surface area contributed by atoms with Gasteiger partial charge in [-0.05, 0) is 24.3 Å². The summed E-state index contributed by atoms with van der Waals surface area (Å²) in [5.74, 6) is 0. The largest absolute Gasteiger partial charge is 0.595 e. The molecule has 2 N–H and O–H groups in total. The van der Waals surface area contributed by atoms with Crippen LogP contribution in [-0.2, 0) is 0 Å². The van der Waals surface area contributed by atoms with Crippen LogP contribution in [0.15, 0.2) is 59.8 Å². The Bertz CT molecular complexity index is 893. The number of aromatic nitrogens is 1. The van der Waals surface area contributed by atoms with Crippen molar-refractivity contribution >= 4 is 40.1 Å². The quantitative estimate of drug-likeness (QED) is 0.564. The molecule has 0 fully saturated rings. The van der Waals surface area contributed by atoms with Gasteiger partial charge in [-0.1, -0.05) is 29.8 Å². The molecule has 122 valence electrons. The number of para-hydroxylation sites is 1. The molecule has 0 radical (unpaired) electrons. The molecule has 6 nitrogen and oxygen atoms in total. The molecule has 3 aromatic rings. The maximum absolute atomic E-state index is 11.4. The molecule has 0 aliphatic rings. The molecule has 0 spiro atoms. The molecular weight excluding hydrogens is 328 g/mol. The number of hydrazone groups is 1. The van der Waals surface area contributed by atoms with Crippen LogP contribution in [0.5, 0.6) is 0 Å². The minimum atomic E-state index is -1.05. The molecule has 3 rings (SSSR count). The topological polar surface area (TPSA) is 76.2 Å². The second-order valence-corrected chi connectivity index (χ2v) is 5.59. The van der Waals surface area contributed by atoms with Crippen LogP contribution in [0, 0.1) is 5.21 Å². The Balaban J connectivity index is 1.94. The first kappa shape index (κ1) is 16.4. The number of hydrogen-bond donors (Lipinski definition) is 2. The number of nitrogens with one attached hydrogen (secondary N) is 1. The molecule has 1 unspecified atom stereocenters. The van der Waals surface area contributed by atoms with E-state index >= 15 is 0 Å². The Kier molecular flexibility index (Phi) is 4.73. The van der Waals surface area contributed by atoms with Crippen LogP contribution >= 0.6 is 11.6 Å². The third-order valence-electron chi connectivity index (χ3n) is 3.59.